The highest BCUT2D eigenvalue weighted by molar-refractivity contribution is 5.82. The summed E-state index contributed by atoms with van der Waals surface area (Å²) in [5.41, 5.74) is 7.08. The molecule has 92 valence electrons. The van der Waals surface area contributed by atoms with Crippen molar-refractivity contribution in [2.75, 3.05) is 6.54 Å². The second kappa shape index (κ2) is 4.88. The number of rotatable bonds is 4. The number of amides is 1. The Balaban J connectivity index is 1.87. The molecule has 0 spiro atoms. The van der Waals surface area contributed by atoms with Crippen LogP contribution in [-0.2, 0) is 4.79 Å². The molecule has 3 nitrogen and oxygen atoms in total. The van der Waals surface area contributed by atoms with E-state index < -0.39 is 6.04 Å². The Morgan fingerprint density at radius 3 is 2.59 bits per heavy atom. The summed E-state index contributed by atoms with van der Waals surface area (Å²) in [4.78, 5) is 11.9. The zero-order valence-corrected chi connectivity index (χ0v) is 10.3. The van der Waals surface area contributed by atoms with E-state index in [4.69, 9.17) is 5.73 Å². The fourth-order valence-electron chi connectivity index (χ4n) is 2.18. The summed E-state index contributed by atoms with van der Waals surface area (Å²) in [5, 5.41) is 2.96. The zero-order valence-electron chi connectivity index (χ0n) is 10.3. The van der Waals surface area contributed by atoms with Crippen LogP contribution in [0.2, 0.25) is 0 Å². The van der Waals surface area contributed by atoms with Crippen LogP contribution in [0, 0.1) is 5.41 Å². The fourth-order valence-corrected chi connectivity index (χ4v) is 2.18. The maximum absolute atomic E-state index is 11.9. The summed E-state index contributed by atoms with van der Waals surface area (Å²) in [6.07, 6.45) is 3.68. The van der Waals surface area contributed by atoms with E-state index in [-0.39, 0.29) is 5.91 Å². The Hall–Kier alpha value is -1.35. The largest absolute Gasteiger partial charge is 0.354 e. The van der Waals surface area contributed by atoms with Gasteiger partial charge in [-0.25, -0.2) is 0 Å². The van der Waals surface area contributed by atoms with E-state index in [0.29, 0.717) is 5.41 Å². The van der Waals surface area contributed by atoms with Crippen molar-refractivity contribution in [2.45, 2.75) is 32.2 Å². The molecule has 3 N–H and O–H groups in total. The molecule has 1 aliphatic carbocycles. The van der Waals surface area contributed by atoms with E-state index in [9.17, 15) is 4.79 Å². The van der Waals surface area contributed by atoms with Gasteiger partial charge in [0.2, 0.25) is 5.91 Å². The Bertz CT molecular complexity index is 384. The maximum Gasteiger partial charge on any atom is 0.241 e. The second-order valence-electron chi connectivity index (χ2n) is 5.27. The summed E-state index contributed by atoms with van der Waals surface area (Å²) >= 11 is 0. The monoisotopic (exact) mass is 232 g/mol. The molecule has 1 fully saturated rings. The molecule has 1 unspecified atom stereocenters. The van der Waals surface area contributed by atoms with Crippen molar-refractivity contribution >= 4 is 5.91 Å². The third kappa shape index (κ3) is 2.86. The van der Waals surface area contributed by atoms with Gasteiger partial charge in [-0.2, -0.15) is 0 Å². The highest BCUT2D eigenvalue weighted by Gasteiger charge is 2.32. The lowest BCUT2D eigenvalue weighted by atomic mass is 9.70. The summed E-state index contributed by atoms with van der Waals surface area (Å²) in [5.74, 6) is -0.0793. The van der Waals surface area contributed by atoms with Gasteiger partial charge in [0.25, 0.3) is 0 Å². The van der Waals surface area contributed by atoms with Crippen LogP contribution >= 0.6 is 0 Å². The van der Waals surface area contributed by atoms with Gasteiger partial charge in [0.1, 0.15) is 6.04 Å². The van der Waals surface area contributed by atoms with Gasteiger partial charge in [-0.1, -0.05) is 43.7 Å². The molecular weight excluding hydrogens is 212 g/mol. The Morgan fingerprint density at radius 2 is 2.06 bits per heavy atom. The third-order valence-corrected chi connectivity index (χ3v) is 3.69. The first kappa shape index (κ1) is 12.1. The predicted octanol–water partition coefficient (Wildman–Crippen LogP) is 1.99. The molecule has 1 atom stereocenters. The van der Waals surface area contributed by atoms with Gasteiger partial charge < -0.3 is 11.1 Å². The molecule has 0 saturated heterocycles. The standard InChI is InChI=1S/C14H20N2O/c1-14(8-5-9-14)10-16-13(17)12(15)11-6-3-2-4-7-11/h2-4,6-7,12H,5,8-10,15H2,1H3,(H,16,17). The normalized spacial score (nSPS) is 19.2. The highest BCUT2D eigenvalue weighted by atomic mass is 16.2. The molecule has 0 bridgehead atoms. The van der Waals surface area contributed by atoms with Crippen LogP contribution in [0.5, 0.6) is 0 Å². The van der Waals surface area contributed by atoms with Crippen molar-refractivity contribution in [2.24, 2.45) is 11.1 Å². The highest BCUT2D eigenvalue weighted by Crippen LogP contribution is 2.39. The van der Waals surface area contributed by atoms with Crippen LogP contribution in [0.4, 0.5) is 0 Å². The van der Waals surface area contributed by atoms with Gasteiger partial charge in [0.15, 0.2) is 0 Å². The summed E-state index contributed by atoms with van der Waals surface area (Å²) in [7, 11) is 0. The van der Waals surface area contributed by atoms with Gasteiger partial charge in [0.05, 0.1) is 0 Å². The number of nitrogens with one attached hydrogen (secondary N) is 1. The van der Waals surface area contributed by atoms with Crippen molar-refractivity contribution in [3.8, 4) is 0 Å². The number of hydrogen-bond donors (Lipinski definition) is 2. The van der Waals surface area contributed by atoms with Crippen LogP contribution in [0.1, 0.15) is 37.8 Å². The van der Waals surface area contributed by atoms with Crippen LogP contribution in [-0.4, -0.2) is 12.5 Å². The molecule has 3 heteroatoms. The van der Waals surface area contributed by atoms with Gasteiger partial charge in [-0.15, -0.1) is 0 Å². The van der Waals surface area contributed by atoms with E-state index in [1.54, 1.807) is 0 Å². The van der Waals surface area contributed by atoms with Crippen molar-refractivity contribution in [3.05, 3.63) is 35.9 Å². The molecule has 1 aromatic rings. The molecule has 17 heavy (non-hydrogen) atoms. The number of hydrogen-bond acceptors (Lipinski definition) is 2. The van der Waals surface area contributed by atoms with Gasteiger partial charge >= 0.3 is 0 Å². The van der Waals surface area contributed by atoms with E-state index >= 15 is 0 Å². The van der Waals surface area contributed by atoms with Crippen LogP contribution in [0.15, 0.2) is 30.3 Å². The van der Waals surface area contributed by atoms with Crippen molar-refractivity contribution in [1.82, 2.24) is 5.32 Å². The lowest BCUT2D eigenvalue weighted by Crippen LogP contribution is -2.43. The maximum atomic E-state index is 11.9. The van der Waals surface area contributed by atoms with E-state index in [1.165, 1.54) is 19.3 Å². The predicted molar refractivity (Wildman–Crippen MR) is 68.3 cm³/mol. The smallest absolute Gasteiger partial charge is 0.241 e. The quantitative estimate of drug-likeness (QED) is 0.834. The SMILES string of the molecule is CC1(CNC(=O)C(N)c2ccccc2)CCC1. The Labute approximate surface area is 102 Å². The van der Waals surface area contributed by atoms with Gasteiger partial charge in [-0.05, 0) is 23.8 Å². The lowest BCUT2D eigenvalue weighted by Gasteiger charge is -2.38. The lowest BCUT2D eigenvalue weighted by molar-refractivity contribution is -0.123. The molecule has 1 aromatic carbocycles. The number of carbonyl (C=O) groups is 1. The van der Waals surface area contributed by atoms with E-state index in [2.05, 4.69) is 12.2 Å². The van der Waals surface area contributed by atoms with Crippen molar-refractivity contribution < 1.29 is 4.79 Å². The van der Waals surface area contributed by atoms with Gasteiger partial charge in [-0.3, -0.25) is 4.79 Å². The average Bonchev–Trinajstić information content (AvgIpc) is 2.33. The van der Waals surface area contributed by atoms with Crippen molar-refractivity contribution in [1.29, 1.82) is 0 Å². The Kier molecular flexibility index (Phi) is 3.48. The molecule has 0 radical (unpaired) electrons. The number of nitrogens with two attached hydrogens (primary N) is 1. The first-order valence-corrected chi connectivity index (χ1v) is 6.19. The zero-order chi connectivity index (χ0) is 12.3. The van der Waals surface area contributed by atoms with Crippen molar-refractivity contribution in [3.63, 3.8) is 0 Å². The van der Waals surface area contributed by atoms with E-state index in [1.807, 2.05) is 30.3 Å². The third-order valence-electron chi connectivity index (χ3n) is 3.69. The van der Waals surface area contributed by atoms with E-state index in [0.717, 1.165) is 12.1 Å². The first-order chi connectivity index (χ1) is 8.11. The van der Waals surface area contributed by atoms with Crippen LogP contribution < -0.4 is 11.1 Å². The first-order valence-electron chi connectivity index (χ1n) is 6.19. The molecule has 0 aromatic heterocycles. The van der Waals surface area contributed by atoms with Crippen LogP contribution in [0.25, 0.3) is 0 Å². The topological polar surface area (TPSA) is 55.1 Å². The summed E-state index contributed by atoms with van der Waals surface area (Å²) < 4.78 is 0. The minimum atomic E-state index is -0.556. The summed E-state index contributed by atoms with van der Waals surface area (Å²) in [6, 6.07) is 8.93. The molecule has 1 saturated carbocycles. The molecule has 1 aliphatic rings. The minimum absolute atomic E-state index is 0.0793. The fraction of sp³-hybridized carbons (Fsp3) is 0.500. The Morgan fingerprint density at radius 1 is 1.41 bits per heavy atom. The number of benzene rings is 1. The van der Waals surface area contributed by atoms with Crippen LogP contribution in [0.3, 0.4) is 0 Å². The molecule has 0 heterocycles. The second-order valence-corrected chi connectivity index (χ2v) is 5.27. The minimum Gasteiger partial charge on any atom is -0.354 e. The molecule has 0 aliphatic heterocycles. The molecule has 2 rings (SSSR count). The molecular formula is C14H20N2O. The summed E-state index contributed by atoms with van der Waals surface area (Å²) in [6.45, 7) is 2.96. The average molecular weight is 232 g/mol. The molecule has 1 amide bonds. The number of carbonyl (C=O) groups excluding carboxylic acids is 1. The van der Waals surface area contributed by atoms with Gasteiger partial charge in [0, 0.05) is 6.54 Å².